The minimum Gasteiger partial charge on any atom is -0.488 e. The number of aryl methyl sites for hydroxylation is 1. The average Bonchev–Trinajstić information content (AvgIpc) is 3.10. The van der Waals surface area contributed by atoms with Crippen molar-refractivity contribution in [3.63, 3.8) is 0 Å². The van der Waals surface area contributed by atoms with Crippen molar-refractivity contribution in [3.8, 4) is 5.75 Å². The van der Waals surface area contributed by atoms with Crippen LogP contribution in [0, 0.1) is 6.92 Å². The summed E-state index contributed by atoms with van der Waals surface area (Å²) in [6.45, 7) is 1.89. The van der Waals surface area contributed by atoms with E-state index in [1.54, 1.807) is 24.5 Å². The molecule has 1 fully saturated rings. The summed E-state index contributed by atoms with van der Waals surface area (Å²) in [5, 5.41) is 5.49. The molecule has 3 N–H and O–H groups in total. The zero-order valence-electron chi connectivity index (χ0n) is 15.0. The molecule has 1 aliphatic carbocycles. The average molecular weight is 383 g/mol. The van der Waals surface area contributed by atoms with Gasteiger partial charge < -0.3 is 15.8 Å². The number of rotatable bonds is 4. The van der Waals surface area contributed by atoms with Crippen LogP contribution in [-0.2, 0) is 0 Å². The summed E-state index contributed by atoms with van der Waals surface area (Å²) in [6.07, 6.45) is 6.82. The third-order valence-electron chi connectivity index (χ3n) is 4.68. The number of thiazole rings is 1. The van der Waals surface area contributed by atoms with Crippen LogP contribution < -0.4 is 15.8 Å². The zero-order chi connectivity index (χ0) is 18.8. The van der Waals surface area contributed by atoms with Crippen molar-refractivity contribution in [2.45, 2.75) is 44.8 Å². The summed E-state index contributed by atoms with van der Waals surface area (Å²) in [5.41, 5.74) is 8.90. The maximum Gasteiger partial charge on any atom is 0.280 e. The molecule has 0 radical (unpaired) electrons. The molecule has 4 rings (SSSR count). The van der Waals surface area contributed by atoms with Crippen LogP contribution in [-0.4, -0.2) is 33.0 Å². The SMILES string of the molecule is Cc1csc(C(=O)NC2CCC(Oc3cc(N)cc4nccnc34)CC2)n1. The molecule has 0 bridgehead atoms. The van der Waals surface area contributed by atoms with Crippen molar-refractivity contribution in [3.05, 3.63) is 40.6 Å². The molecule has 140 valence electrons. The van der Waals surface area contributed by atoms with Gasteiger partial charge in [0.2, 0.25) is 0 Å². The molecular weight excluding hydrogens is 362 g/mol. The van der Waals surface area contributed by atoms with E-state index in [9.17, 15) is 4.79 Å². The van der Waals surface area contributed by atoms with E-state index in [4.69, 9.17) is 10.5 Å². The number of carbonyl (C=O) groups is 1. The molecule has 1 aromatic carbocycles. The standard InChI is InChI=1S/C19H21N5O2S/c1-11-10-27-19(23-11)18(25)24-13-2-4-14(5-3-13)26-16-9-12(20)8-15-17(16)22-7-6-21-15/h6-10,13-14H,2-5,20H2,1H3,(H,24,25). The fourth-order valence-electron chi connectivity index (χ4n) is 3.36. The summed E-state index contributed by atoms with van der Waals surface area (Å²) in [4.78, 5) is 25.2. The first kappa shape index (κ1) is 17.7. The van der Waals surface area contributed by atoms with Gasteiger partial charge in [-0.05, 0) is 38.7 Å². The van der Waals surface area contributed by atoms with E-state index in [0.717, 1.165) is 42.4 Å². The summed E-state index contributed by atoms with van der Waals surface area (Å²) >= 11 is 1.38. The molecule has 0 aliphatic heterocycles. The second kappa shape index (κ2) is 7.48. The molecule has 1 amide bonds. The van der Waals surface area contributed by atoms with Crippen molar-refractivity contribution < 1.29 is 9.53 Å². The molecule has 2 aromatic heterocycles. The van der Waals surface area contributed by atoms with E-state index in [2.05, 4.69) is 20.3 Å². The topological polar surface area (TPSA) is 103 Å². The molecular formula is C19H21N5O2S. The van der Waals surface area contributed by atoms with E-state index in [0.29, 0.717) is 16.4 Å². The van der Waals surface area contributed by atoms with Gasteiger partial charge in [-0.15, -0.1) is 11.3 Å². The Hall–Kier alpha value is -2.74. The highest BCUT2D eigenvalue weighted by Gasteiger charge is 2.25. The molecule has 0 saturated heterocycles. The number of nitrogens with one attached hydrogen (secondary N) is 1. The lowest BCUT2D eigenvalue weighted by Crippen LogP contribution is -2.39. The van der Waals surface area contributed by atoms with E-state index in [1.165, 1.54) is 11.3 Å². The summed E-state index contributed by atoms with van der Waals surface area (Å²) in [6, 6.07) is 3.75. The second-order valence-electron chi connectivity index (χ2n) is 6.80. The van der Waals surface area contributed by atoms with Gasteiger partial charge in [0.05, 0.1) is 11.6 Å². The number of nitrogens with two attached hydrogens (primary N) is 1. The van der Waals surface area contributed by atoms with Crippen molar-refractivity contribution >= 4 is 34.0 Å². The largest absolute Gasteiger partial charge is 0.488 e. The van der Waals surface area contributed by atoms with Crippen LogP contribution in [0.3, 0.4) is 0 Å². The zero-order valence-corrected chi connectivity index (χ0v) is 15.8. The maximum atomic E-state index is 12.3. The summed E-state index contributed by atoms with van der Waals surface area (Å²) in [5.74, 6) is 0.582. The van der Waals surface area contributed by atoms with Crippen molar-refractivity contribution in [1.82, 2.24) is 20.3 Å². The molecule has 7 nitrogen and oxygen atoms in total. The number of benzene rings is 1. The number of aromatic nitrogens is 3. The molecule has 1 aliphatic rings. The van der Waals surface area contributed by atoms with Crippen LogP contribution in [0.5, 0.6) is 5.75 Å². The van der Waals surface area contributed by atoms with E-state index in [-0.39, 0.29) is 18.1 Å². The third kappa shape index (κ3) is 4.00. The number of nitrogens with zero attached hydrogens (tertiary/aromatic N) is 3. The Kier molecular flexibility index (Phi) is 4.89. The predicted octanol–water partition coefficient (Wildman–Crippen LogP) is 3.10. The number of hydrogen-bond acceptors (Lipinski definition) is 7. The highest BCUT2D eigenvalue weighted by atomic mass is 32.1. The molecule has 0 unspecified atom stereocenters. The van der Waals surface area contributed by atoms with E-state index < -0.39 is 0 Å². The normalized spacial score (nSPS) is 19.7. The fourth-order valence-corrected chi connectivity index (χ4v) is 4.06. The van der Waals surface area contributed by atoms with Crippen LogP contribution in [0.4, 0.5) is 5.69 Å². The first-order valence-corrected chi connectivity index (χ1v) is 9.86. The van der Waals surface area contributed by atoms with Gasteiger partial charge >= 0.3 is 0 Å². The lowest BCUT2D eigenvalue weighted by atomic mass is 9.93. The minimum absolute atomic E-state index is 0.0762. The number of hydrogen-bond donors (Lipinski definition) is 2. The van der Waals surface area contributed by atoms with Gasteiger partial charge in [-0.1, -0.05) is 0 Å². The van der Waals surface area contributed by atoms with Crippen LogP contribution >= 0.6 is 11.3 Å². The Balaban J connectivity index is 1.37. The van der Waals surface area contributed by atoms with Gasteiger partial charge in [-0.25, -0.2) is 9.97 Å². The second-order valence-corrected chi connectivity index (χ2v) is 7.66. The van der Waals surface area contributed by atoms with Crippen molar-refractivity contribution in [1.29, 1.82) is 0 Å². The Morgan fingerprint density at radius 2 is 2.00 bits per heavy atom. The van der Waals surface area contributed by atoms with Crippen molar-refractivity contribution in [2.75, 3.05) is 5.73 Å². The van der Waals surface area contributed by atoms with E-state index >= 15 is 0 Å². The van der Waals surface area contributed by atoms with Crippen LogP contribution in [0.1, 0.15) is 41.2 Å². The highest BCUT2D eigenvalue weighted by molar-refractivity contribution is 7.11. The number of ether oxygens (including phenoxy) is 1. The molecule has 3 aromatic rings. The van der Waals surface area contributed by atoms with Crippen molar-refractivity contribution in [2.24, 2.45) is 0 Å². The predicted molar refractivity (Wildman–Crippen MR) is 105 cm³/mol. The number of carbonyl (C=O) groups excluding carboxylic acids is 1. The third-order valence-corrected chi connectivity index (χ3v) is 5.64. The minimum atomic E-state index is -0.0884. The van der Waals surface area contributed by atoms with Gasteiger partial charge in [0.25, 0.3) is 5.91 Å². The van der Waals surface area contributed by atoms with Gasteiger partial charge in [0.15, 0.2) is 5.01 Å². The first-order valence-electron chi connectivity index (χ1n) is 8.98. The van der Waals surface area contributed by atoms with Gasteiger partial charge in [-0.2, -0.15) is 0 Å². The Bertz CT molecular complexity index is 966. The highest BCUT2D eigenvalue weighted by Crippen LogP contribution is 2.30. The lowest BCUT2D eigenvalue weighted by Gasteiger charge is -2.29. The molecule has 2 heterocycles. The van der Waals surface area contributed by atoms with Gasteiger partial charge in [0.1, 0.15) is 11.3 Å². The Morgan fingerprint density at radius 3 is 2.74 bits per heavy atom. The van der Waals surface area contributed by atoms with Gasteiger partial charge in [0, 0.05) is 41.3 Å². The molecule has 0 atom stereocenters. The number of anilines is 1. The van der Waals surface area contributed by atoms with Crippen LogP contribution in [0.2, 0.25) is 0 Å². The lowest BCUT2D eigenvalue weighted by molar-refractivity contribution is 0.0894. The number of nitrogen functional groups attached to an aromatic ring is 1. The molecule has 0 spiro atoms. The molecule has 27 heavy (non-hydrogen) atoms. The quantitative estimate of drug-likeness (QED) is 0.671. The summed E-state index contributed by atoms with van der Waals surface area (Å²) in [7, 11) is 0. The fraction of sp³-hybridized carbons (Fsp3) is 0.368. The Morgan fingerprint density at radius 1 is 1.22 bits per heavy atom. The van der Waals surface area contributed by atoms with Crippen LogP contribution in [0.15, 0.2) is 29.9 Å². The number of fused-ring (bicyclic) bond motifs is 1. The van der Waals surface area contributed by atoms with E-state index in [1.807, 2.05) is 12.3 Å². The monoisotopic (exact) mass is 383 g/mol. The van der Waals surface area contributed by atoms with Gasteiger partial charge in [-0.3, -0.25) is 9.78 Å². The molecule has 1 saturated carbocycles. The first-order chi connectivity index (χ1) is 13.1. The number of amides is 1. The summed E-state index contributed by atoms with van der Waals surface area (Å²) < 4.78 is 6.19. The maximum absolute atomic E-state index is 12.3. The smallest absolute Gasteiger partial charge is 0.280 e. The Labute approximate surface area is 161 Å². The van der Waals surface area contributed by atoms with Crippen LogP contribution in [0.25, 0.3) is 11.0 Å². The molecule has 8 heteroatoms.